The van der Waals surface area contributed by atoms with E-state index in [1.165, 1.54) is 6.07 Å². The van der Waals surface area contributed by atoms with Crippen molar-refractivity contribution in [3.05, 3.63) is 21.9 Å². The number of aromatic nitrogens is 2. The first-order valence-corrected chi connectivity index (χ1v) is 4.90. The zero-order valence-electron chi connectivity index (χ0n) is 7.87. The van der Waals surface area contributed by atoms with E-state index in [1.54, 1.807) is 6.92 Å². The minimum absolute atomic E-state index is 0.0259. The Labute approximate surface area is 96.4 Å². The van der Waals surface area contributed by atoms with Gasteiger partial charge in [0.25, 0.3) is 5.91 Å². The van der Waals surface area contributed by atoms with Gasteiger partial charge in [-0.1, -0.05) is 23.2 Å². The second-order valence-corrected chi connectivity index (χ2v) is 3.67. The van der Waals surface area contributed by atoms with E-state index in [0.717, 1.165) is 0 Å². The van der Waals surface area contributed by atoms with Crippen LogP contribution in [-0.2, 0) is 0 Å². The summed E-state index contributed by atoms with van der Waals surface area (Å²) in [6, 6.07) is 0.955. The Hall–Kier alpha value is -0.910. The molecule has 7 heteroatoms. The normalized spacial score (nSPS) is 12.3. The van der Waals surface area contributed by atoms with Crippen molar-refractivity contribution in [2.75, 3.05) is 6.61 Å². The standard InChI is InChI=1S/C8H9Cl2N3O2/c1-4(3-14)11-8(15)5-2-6(9)12-13-7(5)10/h2,4,14H,3H2,1H3,(H,11,15)/t4-/m1/s1. The predicted octanol–water partition coefficient (Wildman–Crippen LogP) is 0.894. The van der Waals surface area contributed by atoms with Crippen LogP contribution < -0.4 is 5.32 Å². The largest absolute Gasteiger partial charge is 0.394 e. The average Bonchev–Trinajstić information content (AvgIpc) is 2.21. The van der Waals surface area contributed by atoms with E-state index in [2.05, 4.69) is 15.5 Å². The quantitative estimate of drug-likeness (QED) is 0.835. The summed E-state index contributed by atoms with van der Waals surface area (Å²) in [5, 5.41) is 18.3. The molecule has 0 aliphatic rings. The summed E-state index contributed by atoms with van der Waals surface area (Å²) in [6.45, 7) is 1.50. The molecule has 1 heterocycles. The molecule has 1 amide bonds. The van der Waals surface area contributed by atoms with E-state index in [-0.39, 0.29) is 28.5 Å². The van der Waals surface area contributed by atoms with E-state index in [9.17, 15) is 4.79 Å². The number of amides is 1. The van der Waals surface area contributed by atoms with Crippen molar-refractivity contribution in [1.82, 2.24) is 15.5 Å². The summed E-state index contributed by atoms with van der Waals surface area (Å²) in [5.41, 5.74) is 0.136. The van der Waals surface area contributed by atoms with Crippen LogP contribution in [0.5, 0.6) is 0 Å². The lowest BCUT2D eigenvalue weighted by Crippen LogP contribution is -2.35. The molecular formula is C8H9Cl2N3O2. The molecule has 0 saturated carbocycles. The van der Waals surface area contributed by atoms with Gasteiger partial charge in [0.1, 0.15) is 0 Å². The van der Waals surface area contributed by atoms with Gasteiger partial charge < -0.3 is 10.4 Å². The van der Waals surface area contributed by atoms with Crippen molar-refractivity contribution in [1.29, 1.82) is 0 Å². The number of aliphatic hydroxyl groups excluding tert-OH is 1. The van der Waals surface area contributed by atoms with Gasteiger partial charge in [-0.25, -0.2) is 0 Å². The SMILES string of the molecule is C[C@H](CO)NC(=O)c1cc(Cl)nnc1Cl. The number of aliphatic hydroxyl groups is 1. The number of nitrogens with one attached hydrogen (secondary N) is 1. The smallest absolute Gasteiger partial charge is 0.254 e. The zero-order valence-corrected chi connectivity index (χ0v) is 9.38. The Balaban J connectivity index is 2.86. The summed E-state index contributed by atoms with van der Waals surface area (Å²) in [6.07, 6.45) is 0. The van der Waals surface area contributed by atoms with E-state index >= 15 is 0 Å². The van der Waals surface area contributed by atoms with Crippen molar-refractivity contribution < 1.29 is 9.90 Å². The highest BCUT2D eigenvalue weighted by atomic mass is 35.5. The van der Waals surface area contributed by atoms with Crippen LogP contribution in [0.3, 0.4) is 0 Å². The van der Waals surface area contributed by atoms with Gasteiger partial charge >= 0.3 is 0 Å². The van der Waals surface area contributed by atoms with Crippen LogP contribution in [0.1, 0.15) is 17.3 Å². The van der Waals surface area contributed by atoms with E-state index in [1.807, 2.05) is 0 Å². The molecule has 0 radical (unpaired) electrons. The van der Waals surface area contributed by atoms with Crippen molar-refractivity contribution in [3.63, 3.8) is 0 Å². The van der Waals surface area contributed by atoms with Gasteiger partial charge in [0.2, 0.25) is 0 Å². The van der Waals surface area contributed by atoms with Crippen LogP contribution in [0.4, 0.5) is 0 Å². The third-order valence-electron chi connectivity index (χ3n) is 1.62. The topological polar surface area (TPSA) is 75.1 Å². The number of nitrogens with zero attached hydrogens (tertiary/aromatic N) is 2. The van der Waals surface area contributed by atoms with Gasteiger partial charge in [-0.15, -0.1) is 10.2 Å². The molecular weight excluding hydrogens is 241 g/mol. The highest BCUT2D eigenvalue weighted by molar-refractivity contribution is 6.34. The number of carbonyl (C=O) groups excluding carboxylic acids is 1. The first-order chi connectivity index (χ1) is 7.04. The summed E-state index contributed by atoms with van der Waals surface area (Å²) in [4.78, 5) is 11.6. The third-order valence-corrected chi connectivity index (χ3v) is 2.08. The molecule has 5 nitrogen and oxygen atoms in total. The van der Waals surface area contributed by atoms with Crippen LogP contribution >= 0.6 is 23.2 Å². The molecule has 2 N–H and O–H groups in total. The molecule has 1 aromatic rings. The molecule has 0 aliphatic heterocycles. The fourth-order valence-corrected chi connectivity index (χ4v) is 1.18. The maximum absolute atomic E-state index is 11.6. The molecule has 0 aromatic carbocycles. The Bertz CT molecular complexity index is 373. The predicted molar refractivity (Wildman–Crippen MR) is 56.1 cm³/mol. The van der Waals surface area contributed by atoms with Gasteiger partial charge in [-0.05, 0) is 13.0 Å². The molecule has 1 rings (SSSR count). The summed E-state index contributed by atoms with van der Waals surface area (Å²) in [7, 11) is 0. The molecule has 0 unspecified atom stereocenters. The van der Waals surface area contributed by atoms with E-state index in [0.29, 0.717) is 0 Å². The zero-order chi connectivity index (χ0) is 11.4. The Morgan fingerprint density at radius 2 is 2.27 bits per heavy atom. The van der Waals surface area contributed by atoms with Gasteiger partial charge in [0.05, 0.1) is 12.2 Å². The fourth-order valence-electron chi connectivity index (χ4n) is 0.859. The third kappa shape index (κ3) is 3.30. The molecule has 1 atom stereocenters. The van der Waals surface area contributed by atoms with Crippen LogP contribution in [0.2, 0.25) is 10.3 Å². The fraction of sp³-hybridized carbons (Fsp3) is 0.375. The van der Waals surface area contributed by atoms with E-state index < -0.39 is 5.91 Å². The van der Waals surface area contributed by atoms with Gasteiger partial charge in [-0.3, -0.25) is 4.79 Å². The maximum atomic E-state index is 11.6. The summed E-state index contributed by atoms with van der Waals surface area (Å²) < 4.78 is 0. The summed E-state index contributed by atoms with van der Waals surface area (Å²) >= 11 is 11.2. The van der Waals surface area contributed by atoms with Gasteiger partial charge in [-0.2, -0.15) is 0 Å². The molecule has 0 saturated heterocycles. The van der Waals surface area contributed by atoms with Crippen molar-refractivity contribution in [2.45, 2.75) is 13.0 Å². The highest BCUT2D eigenvalue weighted by Crippen LogP contribution is 2.15. The van der Waals surface area contributed by atoms with Crippen LogP contribution in [-0.4, -0.2) is 33.9 Å². The number of hydrogen-bond donors (Lipinski definition) is 2. The molecule has 0 fully saturated rings. The number of carbonyl (C=O) groups is 1. The van der Waals surface area contributed by atoms with Crippen molar-refractivity contribution in [3.8, 4) is 0 Å². The number of rotatable bonds is 3. The lowest BCUT2D eigenvalue weighted by molar-refractivity contribution is 0.0922. The highest BCUT2D eigenvalue weighted by Gasteiger charge is 2.14. The molecule has 82 valence electrons. The number of hydrogen-bond acceptors (Lipinski definition) is 4. The molecule has 0 bridgehead atoms. The van der Waals surface area contributed by atoms with Crippen molar-refractivity contribution in [2.24, 2.45) is 0 Å². The van der Waals surface area contributed by atoms with Gasteiger partial charge in [0.15, 0.2) is 10.3 Å². The Morgan fingerprint density at radius 3 is 2.87 bits per heavy atom. The van der Waals surface area contributed by atoms with Crippen molar-refractivity contribution >= 4 is 29.1 Å². The maximum Gasteiger partial charge on any atom is 0.254 e. The lowest BCUT2D eigenvalue weighted by Gasteiger charge is -2.10. The Morgan fingerprint density at radius 1 is 1.60 bits per heavy atom. The lowest BCUT2D eigenvalue weighted by atomic mass is 10.2. The monoisotopic (exact) mass is 249 g/mol. The first kappa shape index (κ1) is 12.2. The second-order valence-electron chi connectivity index (χ2n) is 2.93. The molecule has 0 aliphatic carbocycles. The minimum Gasteiger partial charge on any atom is -0.394 e. The van der Waals surface area contributed by atoms with Crippen LogP contribution in [0.15, 0.2) is 6.07 Å². The Kier molecular flexibility index (Phi) is 4.26. The molecule has 0 spiro atoms. The van der Waals surface area contributed by atoms with Gasteiger partial charge in [0, 0.05) is 6.04 Å². The average molecular weight is 250 g/mol. The minimum atomic E-state index is -0.446. The van der Waals surface area contributed by atoms with E-state index in [4.69, 9.17) is 28.3 Å². The molecule has 15 heavy (non-hydrogen) atoms. The molecule has 1 aromatic heterocycles. The first-order valence-electron chi connectivity index (χ1n) is 4.15. The number of halogens is 2. The second kappa shape index (κ2) is 5.25. The summed E-state index contributed by atoms with van der Waals surface area (Å²) in [5.74, 6) is -0.446. The van der Waals surface area contributed by atoms with Crippen LogP contribution in [0, 0.1) is 0 Å². The van der Waals surface area contributed by atoms with Crippen LogP contribution in [0.25, 0.3) is 0 Å².